The molecule has 3 heterocycles. The van der Waals surface area contributed by atoms with Crippen molar-refractivity contribution in [2.24, 2.45) is 0 Å². The molecule has 7 heteroatoms. The second-order valence-corrected chi connectivity index (χ2v) is 6.99. The largest absolute Gasteiger partial charge is 0.467 e. The topological polar surface area (TPSA) is 77.6 Å². The van der Waals surface area contributed by atoms with Crippen LogP contribution in [0.2, 0.25) is 0 Å². The Bertz CT molecular complexity index is 990. The Balaban J connectivity index is 1.48. The average Bonchev–Trinajstić information content (AvgIpc) is 3.41. The number of ether oxygens (including phenoxy) is 1. The Morgan fingerprint density at radius 3 is 2.93 bits per heavy atom. The molecular weight excluding hydrogens is 358 g/mol. The number of amides is 1. The van der Waals surface area contributed by atoms with Crippen molar-refractivity contribution in [2.75, 3.05) is 13.2 Å². The molecule has 0 bridgehead atoms. The summed E-state index contributed by atoms with van der Waals surface area (Å²) in [5.74, 6) is 0.759. The third kappa shape index (κ3) is 4.14. The van der Waals surface area contributed by atoms with Crippen LogP contribution in [0.5, 0.6) is 0 Å². The van der Waals surface area contributed by atoms with E-state index < -0.39 is 0 Å². The zero-order valence-corrected chi connectivity index (χ0v) is 15.6. The van der Waals surface area contributed by atoms with Crippen molar-refractivity contribution < 1.29 is 13.9 Å². The van der Waals surface area contributed by atoms with Crippen LogP contribution in [0.3, 0.4) is 0 Å². The smallest absolute Gasteiger partial charge is 0.224 e. The van der Waals surface area contributed by atoms with E-state index in [-0.39, 0.29) is 23.9 Å². The fourth-order valence-corrected chi connectivity index (χ4v) is 3.58. The first-order valence-electron chi connectivity index (χ1n) is 9.57. The fraction of sp³-hybridized carbons (Fsp3) is 0.381. The van der Waals surface area contributed by atoms with Gasteiger partial charge in [0.05, 0.1) is 37.2 Å². The van der Waals surface area contributed by atoms with Gasteiger partial charge < -0.3 is 14.1 Å². The van der Waals surface area contributed by atoms with E-state index in [0.717, 1.165) is 30.7 Å². The van der Waals surface area contributed by atoms with Crippen molar-refractivity contribution in [3.8, 4) is 0 Å². The van der Waals surface area contributed by atoms with Gasteiger partial charge in [-0.05, 0) is 37.1 Å². The van der Waals surface area contributed by atoms with Crippen LogP contribution in [0.4, 0.5) is 0 Å². The van der Waals surface area contributed by atoms with Gasteiger partial charge in [0.2, 0.25) is 11.3 Å². The molecule has 0 N–H and O–H groups in total. The average molecular weight is 381 g/mol. The van der Waals surface area contributed by atoms with Crippen LogP contribution in [0.25, 0.3) is 10.9 Å². The first-order valence-corrected chi connectivity index (χ1v) is 9.57. The van der Waals surface area contributed by atoms with E-state index in [2.05, 4.69) is 5.10 Å². The van der Waals surface area contributed by atoms with E-state index in [1.165, 1.54) is 6.20 Å². The van der Waals surface area contributed by atoms with Crippen LogP contribution in [0, 0.1) is 0 Å². The molecule has 1 saturated heterocycles. The second kappa shape index (κ2) is 8.39. The van der Waals surface area contributed by atoms with Gasteiger partial charge in [-0.3, -0.25) is 14.3 Å². The Morgan fingerprint density at radius 1 is 1.25 bits per heavy atom. The van der Waals surface area contributed by atoms with Gasteiger partial charge >= 0.3 is 0 Å². The maximum atomic E-state index is 13.0. The SMILES string of the molecule is O=C(CCn1ncc(=O)c2ccccc21)N(Cc1ccco1)CC1CCCO1. The molecular formula is C21H23N3O4. The summed E-state index contributed by atoms with van der Waals surface area (Å²) in [5, 5.41) is 4.82. The monoisotopic (exact) mass is 381 g/mol. The summed E-state index contributed by atoms with van der Waals surface area (Å²) in [7, 11) is 0. The van der Waals surface area contributed by atoms with Crippen molar-refractivity contribution in [3.63, 3.8) is 0 Å². The van der Waals surface area contributed by atoms with Gasteiger partial charge in [-0.2, -0.15) is 5.10 Å². The number of aryl methyl sites for hydroxylation is 1. The highest BCUT2D eigenvalue weighted by Gasteiger charge is 2.23. The molecule has 1 atom stereocenters. The molecule has 0 saturated carbocycles. The first kappa shape index (κ1) is 18.4. The lowest BCUT2D eigenvalue weighted by Gasteiger charge is -2.25. The molecule has 4 rings (SSSR count). The summed E-state index contributed by atoms with van der Waals surface area (Å²) >= 11 is 0. The minimum absolute atomic E-state index is 0.0106. The second-order valence-electron chi connectivity index (χ2n) is 6.99. The predicted octanol–water partition coefficient (Wildman–Crippen LogP) is 2.59. The summed E-state index contributed by atoms with van der Waals surface area (Å²) in [6, 6.07) is 11.0. The minimum atomic E-state index is -0.115. The fourth-order valence-electron chi connectivity index (χ4n) is 3.58. The zero-order valence-electron chi connectivity index (χ0n) is 15.6. The van der Waals surface area contributed by atoms with Crippen LogP contribution in [-0.2, 0) is 22.6 Å². The summed E-state index contributed by atoms with van der Waals surface area (Å²) < 4.78 is 12.8. The number of para-hydroxylation sites is 1. The highest BCUT2D eigenvalue weighted by Crippen LogP contribution is 2.17. The third-order valence-electron chi connectivity index (χ3n) is 5.03. The van der Waals surface area contributed by atoms with Gasteiger partial charge in [0.25, 0.3) is 0 Å². The lowest BCUT2D eigenvalue weighted by molar-refractivity contribution is -0.134. The minimum Gasteiger partial charge on any atom is -0.467 e. The molecule has 1 aliphatic heterocycles. The molecule has 0 radical (unpaired) electrons. The van der Waals surface area contributed by atoms with Crippen molar-refractivity contribution in [1.82, 2.24) is 14.7 Å². The number of rotatable bonds is 7. The number of fused-ring (bicyclic) bond motifs is 1. The maximum absolute atomic E-state index is 13.0. The lowest BCUT2D eigenvalue weighted by Crippen LogP contribution is -2.37. The van der Waals surface area contributed by atoms with Crippen molar-refractivity contribution in [2.45, 2.75) is 38.5 Å². The number of hydrogen-bond donors (Lipinski definition) is 0. The molecule has 28 heavy (non-hydrogen) atoms. The highest BCUT2D eigenvalue weighted by atomic mass is 16.5. The number of benzene rings is 1. The molecule has 1 amide bonds. The molecule has 3 aromatic rings. The molecule has 0 spiro atoms. The van der Waals surface area contributed by atoms with Gasteiger partial charge in [0, 0.05) is 25.0 Å². The molecule has 7 nitrogen and oxygen atoms in total. The van der Waals surface area contributed by atoms with Gasteiger partial charge in [-0.25, -0.2) is 0 Å². The van der Waals surface area contributed by atoms with Gasteiger partial charge in [0.15, 0.2) is 0 Å². The highest BCUT2D eigenvalue weighted by molar-refractivity contribution is 5.79. The van der Waals surface area contributed by atoms with E-state index in [1.807, 2.05) is 30.3 Å². The summed E-state index contributed by atoms with van der Waals surface area (Å²) in [6.45, 7) is 2.13. The summed E-state index contributed by atoms with van der Waals surface area (Å²) in [6.07, 6.45) is 5.27. The number of hydrogen-bond acceptors (Lipinski definition) is 5. The van der Waals surface area contributed by atoms with Gasteiger partial charge in [-0.15, -0.1) is 0 Å². The van der Waals surface area contributed by atoms with Crippen molar-refractivity contribution in [1.29, 1.82) is 0 Å². The van der Waals surface area contributed by atoms with Gasteiger partial charge in [0.1, 0.15) is 5.76 Å². The van der Waals surface area contributed by atoms with E-state index >= 15 is 0 Å². The molecule has 0 aliphatic carbocycles. The molecule has 146 valence electrons. The number of furan rings is 1. The number of aromatic nitrogens is 2. The van der Waals surface area contributed by atoms with E-state index in [9.17, 15) is 9.59 Å². The summed E-state index contributed by atoms with van der Waals surface area (Å²) in [4.78, 5) is 26.7. The number of carbonyl (C=O) groups is 1. The zero-order chi connectivity index (χ0) is 19.3. The Kier molecular flexibility index (Phi) is 5.53. The number of nitrogens with zero attached hydrogens (tertiary/aromatic N) is 3. The summed E-state index contributed by atoms with van der Waals surface area (Å²) in [5.41, 5.74) is 0.621. The van der Waals surface area contributed by atoms with E-state index in [1.54, 1.807) is 21.9 Å². The lowest BCUT2D eigenvalue weighted by atomic mass is 10.2. The molecule has 1 unspecified atom stereocenters. The van der Waals surface area contributed by atoms with E-state index in [4.69, 9.17) is 9.15 Å². The first-order chi connectivity index (χ1) is 13.7. The Labute approximate surface area is 162 Å². The maximum Gasteiger partial charge on any atom is 0.224 e. The normalized spacial score (nSPS) is 16.5. The molecule has 1 aromatic carbocycles. The third-order valence-corrected chi connectivity index (χ3v) is 5.03. The van der Waals surface area contributed by atoms with E-state index in [0.29, 0.717) is 25.0 Å². The Hall–Kier alpha value is -2.93. The molecule has 1 fully saturated rings. The predicted molar refractivity (Wildman–Crippen MR) is 104 cm³/mol. The quantitative estimate of drug-likeness (QED) is 0.629. The van der Waals surface area contributed by atoms with Crippen molar-refractivity contribution in [3.05, 3.63) is 64.8 Å². The Morgan fingerprint density at radius 2 is 2.14 bits per heavy atom. The number of carbonyl (C=O) groups excluding carboxylic acids is 1. The standard InChI is InChI=1S/C21H23N3O4/c25-20-13-22-24(19-8-2-1-7-18(19)20)10-9-21(26)23(14-16-5-3-11-27-16)15-17-6-4-12-28-17/h1-3,5,7-8,11,13,17H,4,6,9-10,12,14-15H2. The van der Waals surface area contributed by atoms with Crippen LogP contribution >= 0.6 is 0 Å². The molecule has 2 aromatic heterocycles. The van der Waals surface area contributed by atoms with Gasteiger partial charge in [-0.1, -0.05) is 12.1 Å². The van der Waals surface area contributed by atoms with Crippen LogP contribution in [-0.4, -0.2) is 39.8 Å². The molecule has 1 aliphatic rings. The van der Waals surface area contributed by atoms with Crippen LogP contribution < -0.4 is 5.43 Å². The van der Waals surface area contributed by atoms with Crippen LogP contribution in [0.1, 0.15) is 25.0 Å². The van der Waals surface area contributed by atoms with Crippen LogP contribution in [0.15, 0.2) is 58.1 Å². The van der Waals surface area contributed by atoms with Crippen molar-refractivity contribution >= 4 is 16.8 Å².